The first-order valence-corrected chi connectivity index (χ1v) is 11.2. The molecule has 0 saturated carbocycles. The van der Waals surface area contributed by atoms with Crippen LogP contribution in [0.3, 0.4) is 0 Å². The number of nitrogens with one attached hydrogen (secondary N) is 2. The molecule has 2 aromatic carbocycles. The summed E-state index contributed by atoms with van der Waals surface area (Å²) in [7, 11) is -3.88. The highest BCUT2D eigenvalue weighted by atomic mass is 32.2. The van der Waals surface area contributed by atoms with Crippen molar-refractivity contribution in [2.24, 2.45) is 0 Å². The van der Waals surface area contributed by atoms with E-state index in [0.717, 1.165) is 34.5 Å². The average Bonchev–Trinajstić information content (AvgIpc) is 3.09. The summed E-state index contributed by atoms with van der Waals surface area (Å²) in [5, 5.41) is 13.7. The summed E-state index contributed by atoms with van der Waals surface area (Å²) in [5.41, 5.74) is 0.509. The predicted molar refractivity (Wildman–Crippen MR) is 112 cm³/mol. The zero-order valence-electron chi connectivity index (χ0n) is 15.8. The molecule has 0 aliphatic heterocycles. The van der Waals surface area contributed by atoms with E-state index in [1.54, 1.807) is 12.1 Å². The highest BCUT2D eigenvalue weighted by Gasteiger charge is 2.16. The third kappa shape index (κ3) is 5.28. The van der Waals surface area contributed by atoms with Crippen molar-refractivity contribution >= 4 is 48.3 Å². The second-order valence-electron chi connectivity index (χ2n) is 6.03. The van der Waals surface area contributed by atoms with Crippen molar-refractivity contribution in [3.05, 3.63) is 52.6 Å². The number of nitrogens with zero attached hydrogens (tertiary/aromatic N) is 2. The third-order valence-corrected chi connectivity index (χ3v) is 6.33. The van der Waals surface area contributed by atoms with Gasteiger partial charge in [0.25, 0.3) is 5.69 Å². The van der Waals surface area contributed by atoms with E-state index in [9.17, 15) is 23.3 Å². The van der Waals surface area contributed by atoms with Crippen LogP contribution in [0.25, 0.3) is 10.2 Å². The van der Waals surface area contributed by atoms with Gasteiger partial charge in [-0.3, -0.25) is 14.9 Å². The zero-order valence-corrected chi connectivity index (χ0v) is 17.5. The molecular formula is C18H18N4O6S2. The third-order valence-electron chi connectivity index (χ3n) is 3.92. The summed E-state index contributed by atoms with van der Waals surface area (Å²) in [6.07, 6.45) is -0.105. The summed E-state index contributed by atoms with van der Waals surface area (Å²) in [5.74, 6) is 0.317. The highest BCUT2D eigenvalue weighted by molar-refractivity contribution is 7.89. The molecule has 2 N–H and O–H groups in total. The SMILES string of the molecule is CCOc1ccc2nc(NC(=O)CCNS(=O)(=O)c3ccc([N+](=O)[O-])cc3)sc2c1. The van der Waals surface area contributed by atoms with Crippen molar-refractivity contribution in [1.82, 2.24) is 9.71 Å². The van der Waals surface area contributed by atoms with Crippen LogP contribution in [-0.2, 0) is 14.8 Å². The summed E-state index contributed by atoms with van der Waals surface area (Å²) in [6.45, 7) is 2.30. The Hall–Kier alpha value is -3.09. The topological polar surface area (TPSA) is 141 Å². The fourth-order valence-corrected chi connectivity index (χ4v) is 4.47. The van der Waals surface area contributed by atoms with Gasteiger partial charge in [0, 0.05) is 25.1 Å². The Morgan fingerprint density at radius 1 is 1.23 bits per heavy atom. The number of aromatic nitrogens is 1. The minimum atomic E-state index is -3.88. The smallest absolute Gasteiger partial charge is 0.269 e. The molecule has 12 heteroatoms. The second kappa shape index (κ2) is 9.15. The van der Waals surface area contributed by atoms with Crippen LogP contribution in [0.2, 0.25) is 0 Å². The first-order valence-electron chi connectivity index (χ1n) is 8.86. The number of nitro groups is 1. The predicted octanol–water partition coefficient (Wildman–Crippen LogP) is 2.91. The van der Waals surface area contributed by atoms with Crippen LogP contribution >= 0.6 is 11.3 Å². The van der Waals surface area contributed by atoms with Crippen LogP contribution in [0.15, 0.2) is 47.4 Å². The molecular weight excluding hydrogens is 432 g/mol. The molecule has 0 saturated heterocycles. The van der Waals surface area contributed by atoms with E-state index in [0.29, 0.717) is 17.5 Å². The van der Waals surface area contributed by atoms with Crippen LogP contribution in [0.5, 0.6) is 5.75 Å². The van der Waals surface area contributed by atoms with Gasteiger partial charge in [-0.2, -0.15) is 0 Å². The Labute approximate surface area is 176 Å². The standard InChI is InChI=1S/C18H18N4O6S2/c1-2-28-13-5-8-15-16(11-13)29-18(20-15)21-17(23)9-10-19-30(26,27)14-6-3-12(4-7-14)22(24)25/h3-8,11,19H,2,9-10H2,1H3,(H,20,21,23). The van der Waals surface area contributed by atoms with Gasteiger partial charge >= 0.3 is 0 Å². The maximum atomic E-state index is 12.2. The van der Waals surface area contributed by atoms with Crippen molar-refractivity contribution in [2.75, 3.05) is 18.5 Å². The van der Waals surface area contributed by atoms with Crippen LogP contribution in [0.1, 0.15) is 13.3 Å². The lowest BCUT2D eigenvalue weighted by Crippen LogP contribution is -2.27. The van der Waals surface area contributed by atoms with Gasteiger partial charge in [-0.15, -0.1) is 0 Å². The Kier molecular flexibility index (Phi) is 6.59. The fraction of sp³-hybridized carbons (Fsp3) is 0.222. The molecule has 3 rings (SSSR count). The van der Waals surface area contributed by atoms with Crippen molar-refractivity contribution in [2.45, 2.75) is 18.2 Å². The Morgan fingerprint density at radius 2 is 1.97 bits per heavy atom. The van der Waals surface area contributed by atoms with Gasteiger partial charge in [0.05, 0.1) is 26.6 Å². The Bertz CT molecular complexity index is 1180. The first-order chi connectivity index (χ1) is 14.3. The molecule has 0 aliphatic rings. The fourth-order valence-electron chi connectivity index (χ4n) is 2.53. The highest BCUT2D eigenvalue weighted by Crippen LogP contribution is 2.29. The van der Waals surface area contributed by atoms with Gasteiger partial charge in [0.2, 0.25) is 15.9 Å². The molecule has 1 heterocycles. The van der Waals surface area contributed by atoms with E-state index in [1.807, 2.05) is 13.0 Å². The number of hydrogen-bond acceptors (Lipinski definition) is 8. The maximum absolute atomic E-state index is 12.2. The van der Waals surface area contributed by atoms with Gasteiger partial charge in [0.1, 0.15) is 5.75 Å². The van der Waals surface area contributed by atoms with E-state index in [4.69, 9.17) is 4.74 Å². The van der Waals surface area contributed by atoms with Crippen molar-refractivity contribution in [3.8, 4) is 5.75 Å². The number of fused-ring (bicyclic) bond motifs is 1. The number of carbonyl (C=O) groups is 1. The van der Waals surface area contributed by atoms with Gasteiger partial charge in [-0.25, -0.2) is 18.1 Å². The lowest BCUT2D eigenvalue weighted by molar-refractivity contribution is -0.384. The number of amides is 1. The quantitative estimate of drug-likeness (QED) is 0.377. The number of nitro benzene ring substituents is 1. The van der Waals surface area contributed by atoms with Crippen LogP contribution in [0.4, 0.5) is 10.8 Å². The minimum Gasteiger partial charge on any atom is -0.494 e. The number of ether oxygens (including phenoxy) is 1. The van der Waals surface area contributed by atoms with Crippen LogP contribution < -0.4 is 14.8 Å². The molecule has 0 bridgehead atoms. The molecule has 0 aliphatic carbocycles. The van der Waals surface area contributed by atoms with E-state index in [-0.39, 0.29) is 23.5 Å². The largest absolute Gasteiger partial charge is 0.494 e. The number of hydrogen-bond donors (Lipinski definition) is 2. The lowest BCUT2D eigenvalue weighted by atomic mass is 10.3. The molecule has 0 fully saturated rings. The van der Waals surface area contributed by atoms with Gasteiger partial charge in [-0.1, -0.05) is 11.3 Å². The molecule has 0 radical (unpaired) electrons. The molecule has 0 spiro atoms. The van der Waals surface area contributed by atoms with E-state index in [2.05, 4.69) is 15.0 Å². The van der Waals surface area contributed by atoms with Crippen molar-refractivity contribution < 1.29 is 22.9 Å². The van der Waals surface area contributed by atoms with Gasteiger partial charge in [0.15, 0.2) is 5.13 Å². The number of non-ortho nitro benzene ring substituents is 1. The zero-order chi connectivity index (χ0) is 21.7. The normalized spacial score (nSPS) is 11.4. The van der Waals surface area contributed by atoms with Gasteiger partial charge in [-0.05, 0) is 37.3 Å². The summed E-state index contributed by atoms with van der Waals surface area (Å²) >= 11 is 1.29. The molecule has 1 amide bonds. The number of carbonyl (C=O) groups excluding carboxylic acids is 1. The molecule has 10 nitrogen and oxygen atoms in total. The number of benzene rings is 2. The minimum absolute atomic E-state index is 0.105. The monoisotopic (exact) mass is 450 g/mol. The molecule has 30 heavy (non-hydrogen) atoms. The summed E-state index contributed by atoms with van der Waals surface area (Å²) in [4.78, 5) is 26.3. The number of sulfonamides is 1. The van der Waals surface area contributed by atoms with Crippen molar-refractivity contribution in [3.63, 3.8) is 0 Å². The number of anilines is 1. The number of rotatable bonds is 9. The molecule has 0 unspecified atom stereocenters. The second-order valence-corrected chi connectivity index (χ2v) is 8.83. The molecule has 158 valence electrons. The van der Waals surface area contributed by atoms with E-state index in [1.165, 1.54) is 11.3 Å². The van der Waals surface area contributed by atoms with Crippen molar-refractivity contribution in [1.29, 1.82) is 0 Å². The maximum Gasteiger partial charge on any atom is 0.269 e. The molecule has 1 aromatic heterocycles. The molecule has 3 aromatic rings. The first kappa shape index (κ1) is 21.6. The van der Waals surface area contributed by atoms with Crippen LogP contribution in [0, 0.1) is 10.1 Å². The van der Waals surface area contributed by atoms with Gasteiger partial charge < -0.3 is 10.1 Å². The lowest BCUT2D eigenvalue weighted by Gasteiger charge is -2.06. The molecule has 0 atom stereocenters. The number of thiazole rings is 1. The van der Waals surface area contributed by atoms with Crippen LogP contribution in [-0.4, -0.2) is 37.4 Å². The average molecular weight is 450 g/mol. The van der Waals surface area contributed by atoms with E-state index >= 15 is 0 Å². The summed E-state index contributed by atoms with van der Waals surface area (Å²) in [6, 6.07) is 9.91. The summed E-state index contributed by atoms with van der Waals surface area (Å²) < 4.78 is 33.0. The Morgan fingerprint density at radius 3 is 2.63 bits per heavy atom. The Balaban J connectivity index is 1.55. The van der Waals surface area contributed by atoms with E-state index < -0.39 is 20.9 Å².